The third-order valence-corrected chi connectivity index (χ3v) is 4.69. The van der Waals surface area contributed by atoms with Gasteiger partial charge in [-0.15, -0.1) is 0 Å². The fourth-order valence-electron chi connectivity index (χ4n) is 2.87. The van der Waals surface area contributed by atoms with Crippen molar-refractivity contribution in [2.24, 2.45) is 5.16 Å². The molecule has 0 spiro atoms. The fraction of sp³-hybridized carbons (Fsp3) is 0.353. The third-order valence-electron chi connectivity index (χ3n) is 4.25. The van der Waals surface area contributed by atoms with E-state index in [0.717, 1.165) is 16.8 Å². The number of carbonyl (C=O) groups excluding carboxylic acids is 1. The fourth-order valence-corrected chi connectivity index (χ4v) is 3.39. The Labute approximate surface area is 167 Å². The van der Waals surface area contributed by atoms with Crippen molar-refractivity contribution >= 4 is 35.0 Å². The van der Waals surface area contributed by atoms with E-state index in [1.54, 1.807) is 6.92 Å². The van der Waals surface area contributed by atoms with Crippen molar-refractivity contribution in [3.63, 3.8) is 0 Å². The lowest BCUT2D eigenvalue weighted by Gasteiger charge is -2.29. The SMILES string of the molecule is CCOC(=O)c1cnn(C2=NOC(c3cc(Cl)cc(Cl)c3)(C(F)(F)F)C2)c1C. The van der Waals surface area contributed by atoms with Gasteiger partial charge in [-0.2, -0.15) is 18.3 Å². The highest BCUT2D eigenvalue weighted by atomic mass is 35.5. The molecule has 150 valence electrons. The van der Waals surface area contributed by atoms with E-state index in [0.29, 0.717) is 0 Å². The second-order valence-electron chi connectivity index (χ2n) is 6.03. The van der Waals surface area contributed by atoms with Gasteiger partial charge in [0.05, 0.1) is 24.9 Å². The minimum atomic E-state index is -4.82. The van der Waals surface area contributed by atoms with Crippen molar-refractivity contribution in [1.29, 1.82) is 0 Å². The smallest absolute Gasteiger partial charge is 0.435 e. The van der Waals surface area contributed by atoms with Crippen LogP contribution < -0.4 is 0 Å². The summed E-state index contributed by atoms with van der Waals surface area (Å²) < 4.78 is 48.0. The van der Waals surface area contributed by atoms with E-state index in [-0.39, 0.29) is 39.3 Å². The summed E-state index contributed by atoms with van der Waals surface area (Å²) in [6.07, 6.45) is -4.30. The standard InChI is InChI=1S/C17H14Cl2F3N3O3/c1-3-27-15(26)13-8-23-25(9(13)2)14-7-16(28-24-14,17(20,21)22)10-4-11(18)6-12(19)5-10/h4-6,8H,3,7H2,1-2H3. The summed E-state index contributed by atoms with van der Waals surface area (Å²) >= 11 is 11.7. The van der Waals surface area contributed by atoms with Gasteiger partial charge in [0.2, 0.25) is 0 Å². The van der Waals surface area contributed by atoms with E-state index in [4.69, 9.17) is 32.8 Å². The third kappa shape index (κ3) is 3.44. The molecule has 2 aromatic rings. The zero-order valence-electron chi connectivity index (χ0n) is 14.7. The lowest BCUT2D eigenvalue weighted by molar-refractivity contribution is -0.275. The second-order valence-corrected chi connectivity index (χ2v) is 6.91. The average molecular weight is 436 g/mol. The van der Waals surface area contributed by atoms with E-state index < -0.39 is 24.2 Å². The van der Waals surface area contributed by atoms with Crippen LogP contribution in [0.4, 0.5) is 13.2 Å². The zero-order valence-corrected chi connectivity index (χ0v) is 16.2. The van der Waals surface area contributed by atoms with Crippen molar-refractivity contribution < 1.29 is 27.5 Å². The van der Waals surface area contributed by atoms with Crippen LogP contribution in [0.2, 0.25) is 10.0 Å². The van der Waals surface area contributed by atoms with Crippen LogP contribution in [0.1, 0.15) is 35.0 Å². The molecule has 1 aliphatic heterocycles. The van der Waals surface area contributed by atoms with E-state index >= 15 is 0 Å². The maximum absolute atomic E-state index is 14.0. The topological polar surface area (TPSA) is 65.7 Å². The van der Waals surface area contributed by atoms with Gasteiger partial charge in [-0.1, -0.05) is 28.4 Å². The molecule has 0 amide bonds. The van der Waals surface area contributed by atoms with Gasteiger partial charge in [0, 0.05) is 15.6 Å². The molecule has 0 fully saturated rings. The van der Waals surface area contributed by atoms with Gasteiger partial charge < -0.3 is 9.57 Å². The van der Waals surface area contributed by atoms with Crippen LogP contribution in [0.15, 0.2) is 29.6 Å². The maximum atomic E-state index is 14.0. The van der Waals surface area contributed by atoms with Crippen molar-refractivity contribution in [2.45, 2.75) is 32.0 Å². The molecule has 3 rings (SSSR count). The van der Waals surface area contributed by atoms with E-state index in [1.165, 1.54) is 19.2 Å². The molecule has 6 nitrogen and oxygen atoms in total. The van der Waals surface area contributed by atoms with E-state index in [1.807, 2.05) is 0 Å². The number of nitrogens with zero attached hydrogens (tertiary/aromatic N) is 3. The van der Waals surface area contributed by atoms with Crippen LogP contribution in [0.25, 0.3) is 0 Å². The summed E-state index contributed by atoms with van der Waals surface area (Å²) in [5.41, 5.74) is -2.66. The second kappa shape index (κ2) is 7.29. The number of esters is 1. The molecule has 1 atom stereocenters. The molecular weight excluding hydrogens is 422 g/mol. The lowest BCUT2D eigenvalue weighted by atomic mass is 9.89. The van der Waals surface area contributed by atoms with Crippen LogP contribution >= 0.6 is 23.2 Å². The monoisotopic (exact) mass is 435 g/mol. The first-order valence-corrected chi connectivity index (χ1v) is 8.85. The molecule has 0 saturated carbocycles. The number of carbonyl (C=O) groups is 1. The molecule has 28 heavy (non-hydrogen) atoms. The van der Waals surface area contributed by atoms with E-state index in [2.05, 4.69) is 10.3 Å². The number of alkyl halides is 3. The zero-order chi connectivity index (χ0) is 20.7. The van der Waals surface area contributed by atoms with Gasteiger partial charge in [-0.3, -0.25) is 0 Å². The molecule has 11 heteroatoms. The number of ether oxygens (including phenoxy) is 1. The molecule has 0 radical (unpaired) electrons. The first-order valence-electron chi connectivity index (χ1n) is 8.09. The van der Waals surface area contributed by atoms with Crippen LogP contribution in [0, 0.1) is 6.92 Å². The van der Waals surface area contributed by atoms with Crippen molar-refractivity contribution in [3.8, 4) is 0 Å². The number of aromatic nitrogens is 2. The van der Waals surface area contributed by atoms with Crippen molar-refractivity contribution in [1.82, 2.24) is 9.78 Å². The largest absolute Gasteiger partial charge is 0.462 e. The minimum Gasteiger partial charge on any atom is -0.462 e. The minimum absolute atomic E-state index is 0.0306. The number of hydrogen-bond donors (Lipinski definition) is 0. The molecule has 0 aliphatic carbocycles. The Morgan fingerprint density at radius 2 is 1.96 bits per heavy atom. The van der Waals surface area contributed by atoms with Gasteiger partial charge in [0.1, 0.15) is 5.56 Å². The van der Waals surface area contributed by atoms with Gasteiger partial charge in [-0.25, -0.2) is 9.48 Å². The Morgan fingerprint density at radius 3 is 2.54 bits per heavy atom. The predicted molar refractivity (Wildman–Crippen MR) is 95.7 cm³/mol. The highest BCUT2D eigenvalue weighted by Gasteiger charge is 2.63. The summed E-state index contributed by atoms with van der Waals surface area (Å²) in [4.78, 5) is 16.8. The summed E-state index contributed by atoms with van der Waals surface area (Å²) in [5, 5.41) is 7.62. The molecule has 1 aromatic heterocycles. The Balaban J connectivity index is 2.00. The average Bonchev–Trinajstić information content (AvgIpc) is 3.18. The Bertz CT molecular complexity index is 939. The molecule has 0 bridgehead atoms. The van der Waals surface area contributed by atoms with Gasteiger partial charge >= 0.3 is 12.1 Å². The highest BCUT2D eigenvalue weighted by molar-refractivity contribution is 6.34. The summed E-state index contributed by atoms with van der Waals surface area (Å²) in [6.45, 7) is 3.31. The summed E-state index contributed by atoms with van der Waals surface area (Å²) in [7, 11) is 0. The Morgan fingerprint density at radius 1 is 1.32 bits per heavy atom. The molecule has 1 unspecified atom stereocenters. The normalized spacial score (nSPS) is 19.3. The number of oxime groups is 1. The number of halogens is 5. The predicted octanol–water partition coefficient (Wildman–Crippen LogP) is 4.71. The van der Waals surface area contributed by atoms with Crippen LogP contribution in [-0.4, -0.2) is 34.4 Å². The number of hydrogen-bond acceptors (Lipinski definition) is 5. The maximum Gasteiger partial charge on any atom is 0.435 e. The van der Waals surface area contributed by atoms with Crippen molar-refractivity contribution in [2.75, 3.05) is 6.61 Å². The van der Waals surface area contributed by atoms with Gasteiger partial charge in [0.25, 0.3) is 5.60 Å². The lowest BCUT2D eigenvalue weighted by Crippen LogP contribution is -2.43. The molecule has 0 N–H and O–H groups in total. The molecule has 2 heterocycles. The first kappa shape index (κ1) is 20.5. The molecule has 1 aliphatic rings. The molecule has 0 saturated heterocycles. The van der Waals surface area contributed by atoms with Crippen LogP contribution in [-0.2, 0) is 15.2 Å². The number of benzene rings is 1. The quantitative estimate of drug-likeness (QED) is 0.654. The van der Waals surface area contributed by atoms with Gasteiger partial charge in [-0.05, 0) is 32.0 Å². The van der Waals surface area contributed by atoms with Crippen LogP contribution in [0.5, 0.6) is 0 Å². The van der Waals surface area contributed by atoms with Gasteiger partial charge in [0.15, 0.2) is 5.84 Å². The van der Waals surface area contributed by atoms with Crippen molar-refractivity contribution in [3.05, 3.63) is 51.3 Å². The summed E-state index contributed by atoms with van der Waals surface area (Å²) in [5.74, 6) is -0.754. The molecule has 1 aromatic carbocycles. The summed E-state index contributed by atoms with van der Waals surface area (Å²) in [6, 6.07) is 3.56. The number of rotatable bonds is 3. The van der Waals surface area contributed by atoms with E-state index in [9.17, 15) is 18.0 Å². The Hall–Kier alpha value is -2.26. The molecular formula is C17H14Cl2F3N3O3. The highest BCUT2D eigenvalue weighted by Crippen LogP contribution is 2.49. The first-order chi connectivity index (χ1) is 13.1. The Kier molecular flexibility index (Phi) is 5.33. The van der Waals surface area contributed by atoms with Crippen LogP contribution in [0.3, 0.4) is 0 Å².